The number of rotatable bonds is 2. The van der Waals surface area contributed by atoms with Crippen LogP contribution in [0.4, 0.5) is 0 Å². The second kappa shape index (κ2) is 3.44. The van der Waals surface area contributed by atoms with E-state index in [1.54, 1.807) is 0 Å². The summed E-state index contributed by atoms with van der Waals surface area (Å²) in [5, 5.41) is 0. The summed E-state index contributed by atoms with van der Waals surface area (Å²) in [7, 11) is 1.46. The molecule has 0 spiro atoms. The first-order valence-corrected chi connectivity index (χ1v) is 4.48. The van der Waals surface area contributed by atoms with Crippen LogP contribution in [0.15, 0.2) is 0 Å². The number of likely N-dealkylation sites (N-methyl/N-ethyl adjacent to an activating group) is 1. The maximum atomic E-state index is 11.4. The Morgan fingerprint density at radius 2 is 2.33 bits per heavy atom. The summed E-state index contributed by atoms with van der Waals surface area (Å²) in [6.07, 6.45) is 2.02. The van der Waals surface area contributed by atoms with Gasteiger partial charge in [-0.05, 0) is 32.9 Å². The first-order valence-electron chi connectivity index (χ1n) is 4.48. The zero-order valence-corrected chi connectivity index (χ0v) is 8.09. The standard InChI is InChI=1S/C9H17NO2/c1-4-10-7-5-6-9(10,2)8(11)12-3/h4-7H2,1-3H3/t9-/m1/s1. The Hall–Kier alpha value is -0.570. The van der Waals surface area contributed by atoms with Crippen molar-refractivity contribution >= 4 is 5.97 Å². The predicted octanol–water partition coefficient (Wildman–Crippen LogP) is 1.03. The molecule has 1 aliphatic heterocycles. The van der Waals surface area contributed by atoms with Crippen LogP contribution in [0, 0.1) is 0 Å². The van der Waals surface area contributed by atoms with Gasteiger partial charge in [0.2, 0.25) is 0 Å². The molecule has 1 rings (SSSR count). The van der Waals surface area contributed by atoms with Crippen LogP contribution in [-0.2, 0) is 9.53 Å². The Balaban J connectivity index is 2.74. The molecule has 0 aromatic rings. The lowest BCUT2D eigenvalue weighted by atomic mass is 9.99. The maximum absolute atomic E-state index is 11.4. The summed E-state index contributed by atoms with van der Waals surface area (Å²) in [5.74, 6) is -0.0955. The lowest BCUT2D eigenvalue weighted by molar-refractivity contribution is -0.152. The minimum atomic E-state index is -0.358. The lowest BCUT2D eigenvalue weighted by Crippen LogP contribution is -2.48. The van der Waals surface area contributed by atoms with Crippen molar-refractivity contribution in [3.63, 3.8) is 0 Å². The number of hydrogen-bond donors (Lipinski definition) is 0. The molecule has 1 fully saturated rings. The first kappa shape index (κ1) is 9.52. The fourth-order valence-electron chi connectivity index (χ4n) is 1.98. The van der Waals surface area contributed by atoms with E-state index >= 15 is 0 Å². The molecular weight excluding hydrogens is 154 g/mol. The van der Waals surface area contributed by atoms with Crippen LogP contribution >= 0.6 is 0 Å². The lowest BCUT2D eigenvalue weighted by Gasteiger charge is -2.31. The summed E-state index contributed by atoms with van der Waals surface area (Å²) in [4.78, 5) is 13.6. The van der Waals surface area contributed by atoms with E-state index in [2.05, 4.69) is 11.8 Å². The van der Waals surface area contributed by atoms with Gasteiger partial charge in [-0.1, -0.05) is 6.92 Å². The van der Waals surface area contributed by atoms with Crippen molar-refractivity contribution in [2.75, 3.05) is 20.2 Å². The second-order valence-corrected chi connectivity index (χ2v) is 3.45. The van der Waals surface area contributed by atoms with Crippen molar-refractivity contribution in [3.8, 4) is 0 Å². The minimum absolute atomic E-state index is 0.0955. The van der Waals surface area contributed by atoms with Crippen LogP contribution in [-0.4, -0.2) is 36.6 Å². The molecule has 1 saturated heterocycles. The molecule has 0 saturated carbocycles. The highest BCUT2D eigenvalue weighted by Crippen LogP contribution is 2.29. The number of nitrogens with zero attached hydrogens (tertiary/aromatic N) is 1. The average Bonchev–Trinajstić information content (AvgIpc) is 2.46. The molecule has 3 nitrogen and oxygen atoms in total. The number of esters is 1. The molecule has 12 heavy (non-hydrogen) atoms. The monoisotopic (exact) mass is 171 g/mol. The smallest absolute Gasteiger partial charge is 0.325 e. The van der Waals surface area contributed by atoms with Crippen molar-refractivity contribution in [2.45, 2.75) is 32.2 Å². The van der Waals surface area contributed by atoms with Crippen LogP contribution in [0.25, 0.3) is 0 Å². The summed E-state index contributed by atoms with van der Waals surface area (Å²) in [6, 6.07) is 0. The Kier molecular flexibility index (Phi) is 2.73. The van der Waals surface area contributed by atoms with E-state index in [1.165, 1.54) is 7.11 Å². The third-order valence-corrected chi connectivity index (χ3v) is 2.80. The third-order valence-electron chi connectivity index (χ3n) is 2.80. The number of carbonyl (C=O) groups excluding carboxylic acids is 1. The number of hydrogen-bond acceptors (Lipinski definition) is 3. The molecule has 0 bridgehead atoms. The van der Waals surface area contributed by atoms with E-state index in [0.29, 0.717) is 0 Å². The second-order valence-electron chi connectivity index (χ2n) is 3.45. The summed E-state index contributed by atoms with van der Waals surface area (Å²) < 4.78 is 4.79. The molecule has 0 unspecified atom stereocenters. The van der Waals surface area contributed by atoms with Gasteiger partial charge in [-0.15, -0.1) is 0 Å². The van der Waals surface area contributed by atoms with Crippen molar-refractivity contribution in [1.82, 2.24) is 4.90 Å². The number of likely N-dealkylation sites (tertiary alicyclic amines) is 1. The van der Waals surface area contributed by atoms with Gasteiger partial charge in [-0.3, -0.25) is 9.69 Å². The Bertz CT molecular complexity index is 181. The summed E-state index contributed by atoms with van der Waals surface area (Å²) in [6.45, 7) is 5.98. The van der Waals surface area contributed by atoms with Gasteiger partial charge in [0.15, 0.2) is 0 Å². The third kappa shape index (κ3) is 1.33. The quantitative estimate of drug-likeness (QED) is 0.581. The number of methoxy groups -OCH3 is 1. The highest BCUT2D eigenvalue weighted by atomic mass is 16.5. The number of ether oxygens (including phenoxy) is 1. The van der Waals surface area contributed by atoms with Gasteiger partial charge >= 0.3 is 5.97 Å². The topological polar surface area (TPSA) is 29.5 Å². The molecule has 1 aliphatic rings. The molecule has 0 aromatic heterocycles. The minimum Gasteiger partial charge on any atom is -0.468 e. The summed E-state index contributed by atoms with van der Waals surface area (Å²) >= 11 is 0. The van der Waals surface area contributed by atoms with Gasteiger partial charge in [0.05, 0.1) is 7.11 Å². The largest absolute Gasteiger partial charge is 0.468 e. The van der Waals surface area contributed by atoms with E-state index in [-0.39, 0.29) is 11.5 Å². The molecule has 70 valence electrons. The van der Waals surface area contributed by atoms with Gasteiger partial charge < -0.3 is 4.74 Å². The Morgan fingerprint density at radius 1 is 1.67 bits per heavy atom. The molecule has 0 aromatic carbocycles. The molecule has 0 N–H and O–H groups in total. The van der Waals surface area contributed by atoms with E-state index in [4.69, 9.17) is 4.74 Å². The number of carbonyl (C=O) groups is 1. The van der Waals surface area contributed by atoms with Gasteiger partial charge in [0.25, 0.3) is 0 Å². The van der Waals surface area contributed by atoms with Crippen LogP contribution in [0.3, 0.4) is 0 Å². The van der Waals surface area contributed by atoms with Gasteiger partial charge in [-0.25, -0.2) is 0 Å². The van der Waals surface area contributed by atoms with Crippen molar-refractivity contribution < 1.29 is 9.53 Å². The van der Waals surface area contributed by atoms with E-state index < -0.39 is 0 Å². The summed E-state index contributed by atoms with van der Waals surface area (Å²) in [5.41, 5.74) is -0.358. The van der Waals surface area contributed by atoms with Crippen LogP contribution < -0.4 is 0 Å². The van der Waals surface area contributed by atoms with Crippen LogP contribution in [0.1, 0.15) is 26.7 Å². The van der Waals surface area contributed by atoms with Crippen LogP contribution in [0.2, 0.25) is 0 Å². The zero-order valence-electron chi connectivity index (χ0n) is 8.09. The Morgan fingerprint density at radius 3 is 2.83 bits per heavy atom. The predicted molar refractivity (Wildman–Crippen MR) is 46.9 cm³/mol. The van der Waals surface area contributed by atoms with Crippen molar-refractivity contribution in [1.29, 1.82) is 0 Å². The highest BCUT2D eigenvalue weighted by Gasteiger charge is 2.43. The molecule has 3 heteroatoms. The van der Waals surface area contributed by atoms with Crippen LogP contribution in [0.5, 0.6) is 0 Å². The van der Waals surface area contributed by atoms with Crippen molar-refractivity contribution in [3.05, 3.63) is 0 Å². The normalized spacial score (nSPS) is 30.6. The molecular formula is C9H17NO2. The molecule has 1 heterocycles. The zero-order chi connectivity index (χ0) is 9.19. The van der Waals surface area contributed by atoms with Gasteiger partial charge in [0.1, 0.15) is 5.54 Å². The Labute approximate surface area is 73.7 Å². The molecule has 0 radical (unpaired) electrons. The van der Waals surface area contributed by atoms with Crippen molar-refractivity contribution in [2.24, 2.45) is 0 Å². The van der Waals surface area contributed by atoms with E-state index in [9.17, 15) is 4.79 Å². The molecule has 0 aliphatic carbocycles. The fourth-order valence-corrected chi connectivity index (χ4v) is 1.98. The van der Waals surface area contributed by atoms with Gasteiger partial charge in [0, 0.05) is 0 Å². The highest BCUT2D eigenvalue weighted by molar-refractivity contribution is 5.80. The maximum Gasteiger partial charge on any atom is 0.325 e. The average molecular weight is 171 g/mol. The fraction of sp³-hybridized carbons (Fsp3) is 0.889. The SMILES string of the molecule is CCN1CCC[C@]1(C)C(=O)OC. The van der Waals surface area contributed by atoms with E-state index in [1.807, 2.05) is 6.92 Å². The van der Waals surface area contributed by atoms with Gasteiger partial charge in [-0.2, -0.15) is 0 Å². The molecule has 0 amide bonds. The first-order chi connectivity index (χ1) is 5.65. The van der Waals surface area contributed by atoms with E-state index in [0.717, 1.165) is 25.9 Å². The molecule has 1 atom stereocenters.